The van der Waals surface area contributed by atoms with Gasteiger partial charge in [0.05, 0.1) is 4.90 Å². The minimum absolute atomic E-state index is 0.373. The van der Waals surface area contributed by atoms with Gasteiger partial charge in [-0.05, 0) is 31.2 Å². The summed E-state index contributed by atoms with van der Waals surface area (Å²) in [6.07, 6.45) is 0. The fourth-order valence-electron chi connectivity index (χ4n) is 1.28. The van der Waals surface area contributed by atoms with Crippen LogP contribution in [-0.4, -0.2) is 19.2 Å². The number of hydrogen-bond donors (Lipinski definition) is 0. The molecule has 0 aliphatic carbocycles. The molecule has 3 nitrogen and oxygen atoms in total. The SMILES string of the molecule is Cc1csc(Sc2ccc(S(=O)(=O)C(F)F)cc2)n1. The standard InChI is InChI=1S/C11H9F2NO2S3/c1-7-6-17-11(14-7)18-8-2-4-9(5-3-8)19(15,16)10(12)13/h2-6,10H,1H3. The molecule has 102 valence electrons. The number of thiazole rings is 1. The molecule has 0 aliphatic rings. The first-order chi connectivity index (χ1) is 8.89. The van der Waals surface area contributed by atoms with Gasteiger partial charge in [-0.25, -0.2) is 13.4 Å². The van der Waals surface area contributed by atoms with E-state index in [9.17, 15) is 17.2 Å². The Kier molecular flexibility index (Phi) is 4.22. The van der Waals surface area contributed by atoms with E-state index >= 15 is 0 Å². The second-order valence-corrected chi connectivity index (χ2v) is 7.73. The van der Waals surface area contributed by atoms with Crippen molar-refractivity contribution in [3.05, 3.63) is 35.3 Å². The molecule has 19 heavy (non-hydrogen) atoms. The van der Waals surface area contributed by atoms with Gasteiger partial charge in [-0.3, -0.25) is 0 Å². The average molecular weight is 321 g/mol. The van der Waals surface area contributed by atoms with Crippen LogP contribution in [0.25, 0.3) is 0 Å². The predicted molar refractivity (Wildman–Crippen MR) is 70.6 cm³/mol. The fraction of sp³-hybridized carbons (Fsp3) is 0.182. The maximum atomic E-state index is 12.3. The molecule has 2 aromatic rings. The van der Waals surface area contributed by atoms with Crippen LogP contribution in [0.1, 0.15) is 5.69 Å². The van der Waals surface area contributed by atoms with Gasteiger partial charge in [0.25, 0.3) is 0 Å². The smallest absolute Gasteiger partial charge is 0.235 e. The number of nitrogens with zero attached hydrogens (tertiary/aromatic N) is 1. The molecule has 0 saturated heterocycles. The van der Waals surface area contributed by atoms with E-state index in [1.54, 1.807) is 0 Å². The summed E-state index contributed by atoms with van der Waals surface area (Å²) in [4.78, 5) is 4.63. The number of rotatable bonds is 4. The molecule has 0 N–H and O–H groups in total. The number of benzene rings is 1. The van der Waals surface area contributed by atoms with Crippen LogP contribution in [0.4, 0.5) is 8.78 Å². The second kappa shape index (κ2) is 5.56. The van der Waals surface area contributed by atoms with Crippen molar-refractivity contribution in [2.75, 3.05) is 0 Å². The molecule has 0 aliphatic heterocycles. The van der Waals surface area contributed by atoms with E-state index in [2.05, 4.69) is 4.98 Å². The van der Waals surface area contributed by atoms with Gasteiger partial charge in [0.1, 0.15) is 0 Å². The molecule has 0 radical (unpaired) electrons. The zero-order valence-corrected chi connectivity index (χ0v) is 12.2. The van der Waals surface area contributed by atoms with Crippen molar-refractivity contribution in [1.82, 2.24) is 4.98 Å². The molecule has 1 aromatic carbocycles. The van der Waals surface area contributed by atoms with Crippen molar-refractivity contribution in [3.8, 4) is 0 Å². The van der Waals surface area contributed by atoms with Gasteiger partial charge in [0.15, 0.2) is 4.34 Å². The largest absolute Gasteiger partial charge is 0.341 e. The highest BCUT2D eigenvalue weighted by Gasteiger charge is 2.26. The summed E-state index contributed by atoms with van der Waals surface area (Å²) >= 11 is 2.83. The molecule has 0 unspecified atom stereocenters. The van der Waals surface area contributed by atoms with E-state index < -0.39 is 15.6 Å². The minimum atomic E-state index is -4.52. The Hall–Kier alpha value is -0.990. The lowest BCUT2D eigenvalue weighted by atomic mass is 10.4. The van der Waals surface area contributed by atoms with Crippen LogP contribution >= 0.6 is 23.1 Å². The maximum absolute atomic E-state index is 12.3. The van der Waals surface area contributed by atoms with Crippen molar-refractivity contribution in [3.63, 3.8) is 0 Å². The topological polar surface area (TPSA) is 47.0 Å². The van der Waals surface area contributed by atoms with Crippen molar-refractivity contribution >= 4 is 32.9 Å². The number of aromatic nitrogens is 1. The van der Waals surface area contributed by atoms with E-state index in [0.717, 1.165) is 14.9 Å². The Labute approximate surface area is 117 Å². The van der Waals surface area contributed by atoms with E-state index in [0.29, 0.717) is 0 Å². The molecular formula is C11H9F2NO2S3. The first kappa shape index (κ1) is 14.4. The third-order valence-electron chi connectivity index (χ3n) is 2.19. The first-order valence-corrected chi connectivity index (χ1v) is 8.36. The quantitative estimate of drug-likeness (QED) is 0.863. The van der Waals surface area contributed by atoms with Gasteiger partial charge in [-0.1, -0.05) is 11.8 Å². The molecule has 0 amide bonds. The first-order valence-electron chi connectivity index (χ1n) is 5.11. The lowest BCUT2D eigenvalue weighted by Gasteiger charge is -2.03. The third-order valence-corrected chi connectivity index (χ3v) is 5.65. The van der Waals surface area contributed by atoms with Crippen LogP contribution in [-0.2, 0) is 9.84 Å². The summed E-state index contributed by atoms with van der Waals surface area (Å²) in [6, 6.07) is 5.36. The monoisotopic (exact) mass is 321 g/mol. The Morgan fingerprint density at radius 3 is 2.37 bits per heavy atom. The van der Waals surface area contributed by atoms with Crippen molar-refractivity contribution in [2.45, 2.75) is 26.8 Å². The number of halogens is 2. The Balaban J connectivity index is 2.19. The fourth-order valence-corrected chi connectivity index (χ4v) is 3.81. The normalized spacial score (nSPS) is 12.0. The zero-order valence-electron chi connectivity index (χ0n) is 9.71. The van der Waals surface area contributed by atoms with E-state index in [4.69, 9.17) is 0 Å². The van der Waals surface area contributed by atoms with Gasteiger partial charge in [0, 0.05) is 16.0 Å². The van der Waals surface area contributed by atoms with E-state index in [1.165, 1.54) is 47.4 Å². The zero-order chi connectivity index (χ0) is 14.0. The molecule has 0 spiro atoms. The van der Waals surface area contributed by atoms with Crippen molar-refractivity contribution in [2.24, 2.45) is 0 Å². The van der Waals surface area contributed by atoms with Crippen molar-refractivity contribution in [1.29, 1.82) is 0 Å². The van der Waals surface area contributed by atoms with Gasteiger partial charge in [0.2, 0.25) is 9.84 Å². The molecule has 0 bridgehead atoms. The molecule has 2 rings (SSSR count). The maximum Gasteiger partial charge on any atom is 0.341 e. The van der Waals surface area contributed by atoms with Gasteiger partial charge < -0.3 is 0 Å². The minimum Gasteiger partial charge on any atom is -0.235 e. The Morgan fingerprint density at radius 2 is 1.89 bits per heavy atom. The molecule has 0 atom stereocenters. The summed E-state index contributed by atoms with van der Waals surface area (Å²) < 4.78 is 48.0. The van der Waals surface area contributed by atoms with Gasteiger partial charge in [-0.2, -0.15) is 8.78 Å². The Bertz CT molecular complexity index is 666. The molecule has 0 fully saturated rings. The molecule has 8 heteroatoms. The van der Waals surface area contributed by atoms with E-state index in [1.807, 2.05) is 12.3 Å². The summed E-state index contributed by atoms with van der Waals surface area (Å²) in [5.74, 6) is -3.40. The van der Waals surface area contributed by atoms with Gasteiger partial charge in [-0.15, -0.1) is 11.3 Å². The molecule has 0 saturated carbocycles. The highest BCUT2D eigenvalue weighted by molar-refractivity contribution is 8.01. The molecular weight excluding hydrogens is 312 g/mol. The summed E-state index contributed by atoms with van der Waals surface area (Å²) in [5, 5.41) is 1.90. The molecule has 1 aromatic heterocycles. The Morgan fingerprint density at radius 1 is 1.26 bits per heavy atom. The van der Waals surface area contributed by atoms with Gasteiger partial charge >= 0.3 is 5.76 Å². The lowest BCUT2D eigenvalue weighted by molar-refractivity contribution is 0.234. The van der Waals surface area contributed by atoms with Crippen LogP contribution in [0.5, 0.6) is 0 Å². The number of hydrogen-bond acceptors (Lipinski definition) is 5. The van der Waals surface area contributed by atoms with Crippen LogP contribution < -0.4 is 0 Å². The number of alkyl halides is 2. The molecule has 1 heterocycles. The number of sulfone groups is 1. The summed E-state index contributed by atoms with van der Waals surface area (Å²) in [6.45, 7) is 1.87. The van der Waals surface area contributed by atoms with E-state index in [-0.39, 0.29) is 4.90 Å². The van der Waals surface area contributed by atoms with Crippen LogP contribution in [0, 0.1) is 6.92 Å². The summed E-state index contributed by atoms with van der Waals surface area (Å²) in [5.41, 5.74) is 0.907. The average Bonchev–Trinajstić information content (AvgIpc) is 2.75. The lowest BCUT2D eigenvalue weighted by Crippen LogP contribution is -2.10. The number of aryl methyl sites for hydroxylation is 1. The van der Waals surface area contributed by atoms with Crippen LogP contribution in [0.15, 0.2) is 43.8 Å². The predicted octanol–water partition coefficient (Wildman–Crippen LogP) is 3.60. The van der Waals surface area contributed by atoms with Crippen molar-refractivity contribution < 1.29 is 17.2 Å². The highest BCUT2D eigenvalue weighted by Crippen LogP contribution is 2.31. The summed E-state index contributed by atoms with van der Waals surface area (Å²) in [7, 11) is -4.52. The highest BCUT2D eigenvalue weighted by atomic mass is 32.2. The second-order valence-electron chi connectivity index (χ2n) is 3.63. The van der Waals surface area contributed by atoms with Crippen LogP contribution in [0.2, 0.25) is 0 Å². The third kappa shape index (κ3) is 3.31. The van der Waals surface area contributed by atoms with Crippen LogP contribution in [0.3, 0.4) is 0 Å².